The number of pyridine rings is 1. The number of rotatable bonds is 4. The third-order valence-corrected chi connectivity index (χ3v) is 5.05. The SMILES string of the molecule is COc1ncc(N2CCOc3ccc(O[C@H]4CCN(C)C4)c(F)c32)cc1C. The second kappa shape index (κ2) is 7.23. The molecule has 7 heteroatoms. The minimum Gasteiger partial charge on any atom is -0.489 e. The molecule has 0 saturated carbocycles. The van der Waals surface area contributed by atoms with Gasteiger partial charge in [-0.2, -0.15) is 0 Å². The number of aryl methyl sites for hydroxylation is 1. The highest BCUT2D eigenvalue weighted by Gasteiger charge is 2.29. The van der Waals surface area contributed by atoms with Crippen LogP contribution in [0.25, 0.3) is 0 Å². The molecule has 2 aromatic rings. The van der Waals surface area contributed by atoms with Crippen LogP contribution in [0.3, 0.4) is 0 Å². The molecule has 1 fully saturated rings. The number of aromatic nitrogens is 1. The van der Waals surface area contributed by atoms with Crippen LogP contribution >= 0.6 is 0 Å². The lowest BCUT2D eigenvalue weighted by molar-refractivity contribution is 0.198. The van der Waals surface area contributed by atoms with Crippen LogP contribution in [0.1, 0.15) is 12.0 Å². The second-order valence-electron chi connectivity index (χ2n) is 7.03. The Balaban J connectivity index is 1.68. The zero-order chi connectivity index (χ0) is 19.0. The van der Waals surface area contributed by atoms with E-state index in [1.807, 2.05) is 24.9 Å². The first-order chi connectivity index (χ1) is 13.1. The molecule has 0 amide bonds. The topological polar surface area (TPSA) is 47.1 Å². The van der Waals surface area contributed by atoms with Gasteiger partial charge in [0.1, 0.15) is 24.1 Å². The van der Waals surface area contributed by atoms with Crippen molar-refractivity contribution >= 4 is 11.4 Å². The van der Waals surface area contributed by atoms with Crippen molar-refractivity contribution in [3.63, 3.8) is 0 Å². The van der Waals surface area contributed by atoms with Gasteiger partial charge in [-0.1, -0.05) is 0 Å². The monoisotopic (exact) mass is 373 g/mol. The van der Waals surface area contributed by atoms with Crippen LogP contribution in [0, 0.1) is 12.7 Å². The summed E-state index contributed by atoms with van der Waals surface area (Å²) in [5, 5.41) is 0. The van der Waals surface area contributed by atoms with Crippen LogP contribution in [-0.2, 0) is 0 Å². The average Bonchev–Trinajstić information content (AvgIpc) is 3.08. The lowest BCUT2D eigenvalue weighted by atomic mass is 10.1. The van der Waals surface area contributed by atoms with E-state index in [0.717, 1.165) is 30.8 Å². The van der Waals surface area contributed by atoms with Crippen molar-refractivity contribution in [1.82, 2.24) is 9.88 Å². The smallest absolute Gasteiger partial charge is 0.216 e. The lowest BCUT2D eigenvalue weighted by Gasteiger charge is -2.32. The van der Waals surface area contributed by atoms with Crippen LogP contribution < -0.4 is 19.1 Å². The van der Waals surface area contributed by atoms with Crippen LogP contribution in [0.5, 0.6) is 17.4 Å². The number of ether oxygens (including phenoxy) is 3. The van der Waals surface area contributed by atoms with Crippen molar-refractivity contribution < 1.29 is 18.6 Å². The largest absolute Gasteiger partial charge is 0.489 e. The van der Waals surface area contributed by atoms with Gasteiger partial charge in [0.05, 0.1) is 25.5 Å². The predicted octanol–water partition coefficient (Wildman–Crippen LogP) is 3.15. The number of likely N-dealkylation sites (N-methyl/N-ethyl adjacent to an activating group) is 1. The fourth-order valence-electron chi connectivity index (χ4n) is 3.68. The van der Waals surface area contributed by atoms with Crippen LogP contribution in [0.2, 0.25) is 0 Å². The molecule has 0 bridgehead atoms. The van der Waals surface area contributed by atoms with Gasteiger partial charge in [0.15, 0.2) is 11.6 Å². The van der Waals surface area contributed by atoms with Gasteiger partial charge in [-0.25, -0.2) is 9.37 Å². The third kappa shape index (κ3) is 3.39. The Morgan fingerprint density at radius 2 is 2.15 bits per heavy atom. The van der Waals surface area contributed by atoms with Crippen molar-refractivity contribution in [2.24, 2.45) is 0 Å². The van der Waals surface area contributed by atoms with Crippen molar-refractivity contribution in [3.05, 3.63) is 35.8 Å². The number of halogens is 1. The molecular weight excluding hydrogens is 349 g/mol. The molecule has 0 radical (unpaired) electrons. The number of hydrogen-bond donors (Lipinski definition) is 0. The molecule has 1 aromatic carbocycles. The van der Waals surface area contributed by atoms with Crippen LogP contribution in [-0.4, -0.2) is 56.4 Å². The first-order valence-corrected chi connectivity index (χ1v) is 9.15. The highest BCUT2D eigenvalue weighted by atomic mass is 19.1. The van der Waals surface area contributed by atoms with Gasteiger partial charge in [0.25, 0.3) is 0 Å². The molecule has 27 heavy (non-hydrogen) atoms. The molecule has 0 aliphatic carbocycles. The molecule has 0 unspecified atom stereocenters. The zero-order valence-electron chi connectivity index (χ0n) is 15.9. The highest BCUT2D eigenvalue weighted by molar-refractivity contribution is 5.73. The summed E-state index contributed by atoms with van der Waals surface area (Å²) in [7, 11) is 3.63. The molecule has 1 saturated heterocycles. The standard InChI is InChI=1S/C20H24FN3O3/c1-13-10-14(11-22-20(13)25-3)24-8-9-26-17-5-4-16(18(21)19(17)24)27-15-6-7-23(2)12-15/h4-5,10-11,15H,6-9,12H2,1-3H3/t15-/m0/s1. The Labute approximate surface area is 158 Å². The lowest BCUT2D eigenvalue weighted by Crippen LogP contribution is -2.30. The van der Waals surface area contributed by atoms with Gasteiger partial charge in [-0.3, -0.25) is 0 Å². The van der Waals surface area contributed by atoms with Gasteiger partial charge in [0.2, 0.25) is 5.88 Å². The summed E-state index contributed by atoms with van der Waals surface area (Å²) in [5.74, 6) is 0.955. The highest BCUT2D eigenvalue weighted by Crippen LogP contribution is 2.43. The molecule has 144 valence electrons. The maximum atomic E-state index is 15.4. The Hall–Kier alpha value is -2.54. The van der Waals surface area contributed by atoms with Gasteiger partial charge in [-0.05, 0) is 38.6 Å². The summed E-state index contributed by atoms with van der Waals surface area (Å²) in [5.41, 5.74) is 2.09. The van der Waals surface area contributed by atoms with Gasteiger partial charge >= 0.3 is 0 Å². The number of hydrogen-bond acceptors (Lipinski definition) is 6. The summed E-state index contributed by atoms with van der Waals surface area (Å²) in [4.78, 5) is 8.40. The third-order valence-electron chi connectivity index (χ3n) is 5.05. The molecule has 0 N–H and O–H groups in total. The Morgan fingerprint density at radius 1 is 1.30 bits per heavy atom. The summed E-state index contributed by atoms with van der Waals surface area (Å²) in [6, 6.07) is 5.38. The van der Waals surface area contributed by atoms with E-state index in [9.17, 15) is 0 Å². The number of fused-ring (bicyclic) bond motifs is 1. The minimum atomic E-state index is -0.393. The number of likely N-dealkylation sites (tertiary alicyclic amines) is 1. The van der Waals surface area contributed by atoms with Crippen molar-refractivity contribution in [3.8, 4) is 17.4 Å². The molecule has 6 nitrogen and oxygen atoms in total. The van der Waals surface area contributed by atoms with Crippen LogP contribution in [0.15, 0.2) is 24.4 Å². The Morgan fingerprint density at radius 3 is 2.85 bits per heavy atom. The van der Waals surface area contributed by atoms with E-state index < -0.39 is 5.82 Å². The van der Waals surface area contributed by atoms with Crippen molar-refractivity contribution in [2.75, 3.05) is 45.3 Å². The molecule has 0 spiro atoms. The molecule has 3 heterocycles. The quantitative estimate of drug-likeness (QED) is 0.821. The molecule has 1 aromatic heterocycles. The summed E-state index contributed by atoms with van der Waals surface area (Å²) in [6.07, 6.45) is 2.60. The first-order valence-electron chi connectivity index (χ1n) is 9.15. The number of methoxy groups -OCH3 is 1. The fourth-order valence-corrected chi connectivity index (χ4v) is 3.68. The maximum absolute atomic E-state index is 15.4. The first kappa shape index (κ1) is 17.9. The number of benzene rings is 1. The number of nitrogens with zero attached hydrogens (tertiary/aromatic N) is 3. The fraction of sp³-hybridized carbons (Fsp3) is 0.450. The van der Waals surface area contributed by atoms with E-state index in [-0.39, 0.29) is 11.9 Å². The van der Waals surface area contributed by atoms with E-state index in [1.165, 1.54) is 0 Å². The predicted molar refractivity (Wildman–Crippen MR) is 101 cm³/mol. The zero-order valence-corrected chi connectivity index (χ0v) is 15.9. The van der Waals surface area contributed by atoms with E-state index in [4.69, 9.17) is 14.2 Å². The van der Waals surface area contributed by atoms with E-state index >= 15 is 4.39 Å². The Bertz CT molecular complexity index is 845. The molecule has 4 rings (SSSR count). The summed E-state index contributed by atoms with van der Waals surface area (Å²) in [6.45, 7) is 4.70. The van der Waals surface area contributed by atoms with Crippen LogP contribution in [0.4, 0.5) is 15.8 Å². The number of anilines is 2. The second-order valence-corrected chi connectivity index (χ2v) is 7.03. The van der Waals surface area contributed by atoms with E-state index in [2.05, 4.69) is 9.88 Å². The molecule has 2 aliphatic heterocycles. The molecule has 1 atom stereocenters. The van der Waals surface area contributed by atoms with Gasteiger partial charge < -0.3 is 24.0 Å². The minimum absolute atomic E-state index is 0.00501. The summed E-state index contributed by atoms with van der Waals surface area (Å²) < 4.78 is 32.2. The summed E-state index contributed by atoms with van der Waals surface area (Å²) >= 11 is 0. The van der Waals surface area contributed by atoms with Gasteiger partial charge in [-0.15, -0.1) is 0 Å². The molecular formula is C20H24FN3O3. The van der Waals surface area contributed by atoms with E-state index in [1.54, 1.807) is 25.4 Å². The Kier molecular flexibility index (Phi) is 4.78. The maximum Gasteiger partial charge on any atom is 0.216 e. The normalized spacial score (nSPS) is 19.6. The van der Waals surface area contributed by atoms with Crippen molar-refractivity contribution in [1.29, 1.82) is 0 Å². The van der Waals surface area contributed by atoms with Gasteiger partial charge in [0, 0.05) is 18.7 Å². The average molecular weight is 373 g/mol. The van der Waals surface area contributed by atoms with E-state index in [0.29, 0.717) is 30.5 Å². The molecule has 2 aliphatic rings. The van der Waals surface area contributed by atoms with Crippen molar-refractivity contribution in [2.45, 2.75) is 19.4 Å².